The van der Waals surface area contributed by atoms with Crippen molar-refractivity contribution < 1.29 is 9.72 Å². The SMILES string of the molecule is O=C(Nc1nc(Cl)ccc1[N+](=O)[O-])c1csc(I)c1. The van der Waals surface area contributed by atoms with E-state index in [1.54, 1.807) is 11.4 Å². The molecule has 0 aliphatic heterocycles. The van der Waals surface area contributed by atoms with Crippen LogP contribution >= 0.6 is 45.5 Å². The lowest BCUT2D eigenvalue weighted by Crippen LogP contribution is -2.13. The Morgan fingerprint density at radius 2 is 2.26 bits per heavy atom. The van der Waals surface area contributed by atoms with Crippen molar-refractivity contribution in [1.82, 2.24) is 4.98 Å². The van der Waals surface area contributed by atoms with Crippen LogP contribution in [-0.2, 0) is 0 Å². The number of nitrogens with one attached hydrogen (secondary N) is 1. The highest BCUT2D eigenvalue weighted by Gasteiger charge is 2.19. The molecule has 0 radical (unpaired) electrons. The maximum absolute atomic E-state index is 11.9. The van der Waals surface area contributed by atoms with Crippen LogP contribution in [0.2, 0.25) is 5.15 Å². The van der Waals surface area contributed by atoms with Gasteiger partial charge >= 0.3 is 5.69 Å². The minimum atomic E-state index is -0.629. The Labute approximate surface area is 130 Å². The molecule has 0 aliphatic carbocycles. The molecule has 2 rings (SSSR count). The van der Waals surface area contributed by atoms with E-state index in [9.17, 15) is 14.9 Å². The average molecular weight is 410 g/mol. The summed E-state index contributed by atoms with van der Waals surface area (Å²) < 4.78 is 0.941. The zero-order valence-corrected chi connectivity index (χ0v) is 12.8. The molecule has 0 spiro atoms. The maximum atomic E-state index is 11.9. The molecule has 0 atom stereocenters. The van der Waals surface area contributed by atoms with Gasteiger partial charge < -0.3 is 5.32 Å². The highest BCUT2D eigenvalue weighted by molar-refractivity contribution is 14.1. The highest BCUT2D eigenvalue weighted by atomic mass is 127. The van der Waals surface area contributed by atoms with Crippen molar-refractivity contribution in [3.8, 4) is 0 Å². The summed E-state index contributed by atoms with van der Waals surface area (Å²) in [6, 6.07) is 4.17. The van der Waals surface area contributed by atoms with Gasteiger partial charge in [0.25, 0.3) is 5.91 Å². The van der Waals surface area contributed by atoms with Gasteiger partial charge in [0.15, 0.2) is 0 Å². The van der Waals surface area contributed by atoms with Crippen molar-refractivity contribution in [1.29, 1.82) is 0 Å². The summed E-state index contributed by atoms with van der Waals surface area (Å²) in [5, 5.41) is 14.9. The molecule has 0 aromatic carbocycles. The Balaban J connectivity index is 2.30. The molecule has 1 N–H and O–H groups in total. The van der Waals surface area contributed by atoms with Gasteiger partial charge in [-0.2, -0.15) is 0 Å². The van der Waals surface area contributed by atoms with Gasteiger partial charge in [0.2, 0.25) is 5.82 Å². The zero-order chi connectivity index (χ0) is 14.0. The molecular weight excluding hydrogens is 405 g/mol. The van der Waals surface area contributed by atoms with Crippen LogP contribution in [0.15, 0.2) is 23.6 Å². The number of nitro groups is 1. The number of carbonyl (C=O) groups excluding carboxylic acids is 1. The third-order valence-electron chi connectivity index (χ3n) is 2.10. The van der Waals surface area contributed by atoms with E-state index >= 15 is 0 Å². The predicted octanol–water partition coefficient (Wildman–Crippen LogP) is 3.56. The first kappa shape index (κ1) is 14.2. The van der Waals surface area contributed by atoms with Gasteiger partial charge in [-0.15, -0.1) is 11.3 Å². The number of pyridine rings is 1. The fraction of sp³-hybridized carbons (Fsp3) is 0. The first-order chi connectivity index (χ1) is 8.97. The third-order valence-corrected chi connectivity index (χ3v) is 4.10. The van der Waals surface area contributed by atoms with Crippen LogP contribution in [0.3, 0.4) is 0 Å². The average Bonchev–Trinajstić information content (AvgIpc) is 2.75. The number of carbonyl (C=O) groups is 1. The number of hydrogen-bond acceptors (Lipinski definition) is 5. The molecule has 0 bridgehead atoms. The standard InChI is InChI=1S/C10H5ClIN3O3S/c11-7-2-1-6(15(17)18)9(13-7)14-10(16)5-3-8(12)19-4-5/h1-4H,(H,13,14,16). The lowest BCUT2D eigenvalue weighted by Gasteiger charge is -2.04. The van der Waals surface area contributed by atoms with Crippen LogP contribution in [0, 0.1) is 13.0 Å². The molecule has 0 saturated heterocycles. The summed E-state index contributed by atoms with van der Waals surface area (Å²) >= 11 is 9.15. The molecule has 0 unspecified atom stereocenters. The summed E-state index contributed by atoms with van der Waals surface area (Å²) in [6.45, 7) is 0. The van der Waals surface area contributed by atoms with Crippen LogP contribution in [0.5, 0.6) is 0 Å². The highest BCUT2D eigenvalue weighted by Crippen LogP contribution is 2.25. The maximum Gasteiger partial charge on any atom is 0.311 e. The van der Waals surface area contributed by atoms with Crippen LogP contribution < -0.4 is 5.32 Å². The summed E-state index contributed by atoms with van der Waals surface area (Å²) in [4.78, 5) is 25.9. The van der Waals surface area contributed by atoms with E-state index in [0.29, 0.717) is 5.56 Å². The monoisotopic (exact) mass is 409 g/mol. The molecule has 0 fully saturated rings. The van der Waals surface area contributed by atoms with Crippen LogP contribution in [0.1, 0.15) is 10.4 Å². The lowest BCUT2D eigenvalue weighted by molar-refractivity contribution is -0.384. The van der Waals surface area contributed by atoms with Crippen molar-refractivity contribution in [3.05, 3.63) is 47.3 Å². The molecule has 2 heterocycles. The van der Waals surface area contributed by atoms with Gasteiger partial charge in [0.05, 0.1) is 13.4 Å². The van der Waals surface area contributed by atoms with Crippen LogP contribution in [0.4, 0.5) is 11.5 Å². The number of amides is 1. The first-order valence-corrected chi connectivity index (χ1v) is 7.17. The molecule has 2 aromatic rings. The van der Waals surface area contributed by atoms with Gasteiger partial charge in [-0.25, -0.2) is 4.98 Å². The van der Waals surface area contributed by atoms with Crippen molar-refractivity contribution in [2.24, 2.45) is 0 Å². The number of thiophene rings is 1. The lowest BCUT2D eigenvalue weighted by atomic mass is 10.3. The molecular formula is C10H5ClIN3O3S. The van der Waals surface area contributed by atoms with Gasteiger partial charge in [-0.3, -0.25) is 14.9 Å². The normalized spacial score (nSPS) is 10.2. The number of rotatable bonds is 3. The minimum Gasteiger partial charge on any atom is -0.301 e. The van der Waals surface area contributed by atoms with Gasteiger partial charge in [0.1, 0.15) is 5.15 Å². The zero-order valence-electron chi connectivity index (χ0n) is 9.09. The van der Waals surface area contributed by atoms with E-state index in [1.165, 1.54) is 23.5 Å². The number of halogens is 2. The molecule has 2 aromatic heterocycles. The number of nitrogens with zero attached hydrogens (tertiary/aromatic N) is 2. The molecule has 19 heavy (non-hydrogen) atoms. The first-order valence-electron chi connectivity index (χ1n) is 4.83. The predicted molar refractivity (Wildman–Crippen MR) is 80.9 cm³/mol. The summed E-state index contributed by atoms with van der Waals surface area (Å²) in [5.74, 6) is -0.624. The fourth-order valence-corrected chi connectivity index (χ4v) is 2.75. The largest absolute Gasteiger partial charge is 0.311 e. The Morgan fingerprint density at radius 3 is 2.84 bits per heavy atom. The Bertz CT molecular complexity index is 661. The van der Waals surface area contributed by atoms with Crippen molar-refractivity contribution in [2.45, 2.75) is 0 Å². The van der Waals surface area contributed by atoms with Crippen LogP contribution in [-0.4, -0.2) is 15.8 Å². The third kappa shape index (κ3) is 3.39. The Hall–Kier alpha value is -1.26. The van der Waals surface area contributed by atoms with Gasteiger partial charge in [0, 0.05) is 11.4 Å². The summed E-state index contributed by atoms with van der Waals surface area (Å²) in [7, 11) is 0. The molecule has 0 saturated carbocycles. The number of hydrogen-bond donors (Lipinski definition) is 1. The molecule has 0 aliphatic rings. The molecule has 98 valence electrons. The summed E-state index contributed by atoms with van der Waals surface area (Å²) in [6.07, 6.45) is 0. The quantitative estimate of drug-likeness (QED) is 0.363. The van der Waals surface area contributed by atoms with E-state index < -0.39 is 10.8 Å². The second-order valence-corrected chi connectivity index (χ2v) is 6.55. The number of aromatic nitrogens is 1. The van der Waals surface area contributed by atoms with Gasteiger partial charge in [-0.1, -0.05) is 11.6 Å². The molecule has 9 heteroatoms. The Kier molecular flexibility index (Phi) is 4.32. The summed E-state index contributed by atoms with van der Waals surface area (Å²) in [5.41, 5.74) is 0.119. The molecule has 1 amide bonds. The van der Waals surface area contributed by atoms with Crippen molar-refractivity contribution in [3.63, 3.8) is 0 Å². The van der Waals surface area contributed by atoms with E-state index in [4.69, 9.17) is 11.6 Å². The minimum absolute atomic E-state index is 0.0702. The van der Waals surface area contributed by atoms with E-state index in [2.05, 4.69) is 32.9 Å². The van der Waals surface area contributed by atoms with E-state index in [1.807, 2.05) is 0 Å². The van der Waals surface area contributed by atoms with Crippen molar-refractivity contribution in [2.75, 3.05) is 5.32 Å². The second kappa shape index (κ2) is 5.80. The Morgan fingerprint density at radius 1 is 1.53 bits per heavy atom. The smallest absolute Gasteiger partial charge is 0.301 e. The van der Waals surface area contributed by atoms with Crippen molar-refractivity contribution >= 4 is 62.9 Å². The van der Waals surface area contributed by atoms with E-state index in [0.717, 1.165) is 2.88 Å². The van der Waals surface area contributed by atoms with Gasteiger partial charge in [-0.05, 0) is 34.7 Å². The topological polar surface area (TPSA) is 85.1 Å². The second-order valence-electron chi connectivity index (χ2n) is 3.35. The fourth-order valence-electron chi connectivity index (χ4n) is 1.28. The number of anilines is 1. The molecule has 6 nitrogen and oxygen atoms in total. The van der Waals surface area contributed by atoms with E-state index in [-0.39, 0.29) is 16.7 Å². The van der Waals surface area contributed by atoms with Crippen LogP contribution in [0.25, 0.3) is 0 Å².